The number of halogens is 1. The number of methoxy groups -OCH3 is 2. The van der Waals surface area contributed by atoms with E-state index in [2.05, 4.69) is 6.07 Å². The van der Waals surface area contributed by atoms with Gasteiger partial charge in [0.05, 0.1) is 7.11 Å². The van der Waals surface area contributed by atoms with E-state index in [1.807, 2.05) is 6.07 Å². The first-order valence-electron chi connectivity index (χ1n) is 3.81. The molecule has 0 radical (unpaired) electrons. The first-order valence-corrected chi connectivity index (χ1v) is 7.71. The van der Waals surface area contributed by atoms with Gasteiger partial charge in [-0.1, -0.05) is 6.07 Å². The second-order valence-corrected chi connectivity index (χ2v) is 2.13. The second-order valence-electron chi connectivity index (χ2n) is 2.13. The molecule has 1 rings (SSSR count). The molecule has 0 unspecified atom stereocenters. The molecule has 0 amide bonds. The number of ether oxygens (including phenoxy) is 3. The van der Waals surface area contributed by atoms with Gasteiger partial charge in [0.1, 0.15) is 0 Å². The molecule has 0 saturated carbocycles. The summed E-state index contributed by atoms with van der Waals surface area (Å²) in [5.41, 5.74) is 0. The quantitative estimate of drug-likeness (QED) is 0.476. The van der Waals surface area contributed by atoms with Crippen LogP contribution in [-0.2, 0) is 22.0 Å². The normalized spacial score (nSPS) is 8.64. The third kappa shape index (κ3) is 5.43. The predicted molar refractivity (Wildman–Crippen MR) is 50.2 cm³/mol. The SMILES string of the molecule is COCOc1[c-]c(OC)ccc1.[Cl][Zn+]. The van der Waals surface area contributed by atoms with E-state index in [1.165, 1.54) is 0 Å². The summed E-state index contributed by atoms with van der Waals surface area (Å²) < 4.78 is 14.8. The van der Waals surface area contributed by atoms with Gasteiger partial charge in [0.25, 0.3) is 0 Å². The van der Waals surface area contributed by atoms with Crippen LogP contribution in [0.25, 0.3) is 0 Å². The van der Waals surface area contributed by atoms with Crippen LogP contribution in [0.4, 0.5) is 0 Å². The van der Waals surface area contributed by atoms with Gasteiger partial charge in [0.15, 0.2) is 6.79 Å². The summed E-state index contributed by atoms with van der Waals surface area (Å²) >= 11 is 0.847. The summed E-state index contributed by atoms with van der Waals surface area (Å²) in [6.45, 7) is 0.226. The molecule has 14 heavy (non-hydrogen) atoms. The van der Waals surface area contributed by atoms with Gasteiger partial charge in [-0.25, -0.2) is 0 Å². The number of rotatable bonds is 4. The van der Waals surface area contributed by atoms with Crippen molar-refractivity contribution in [3.05, 3.63) is 24.3 Å². The third-order valence-electron chi connectivity index (χ3n) is 1.29. The second kappa shape index (κ2) is 9.26. The van der Waals surface area contributed by atoms with Crippen LogP contribution < -0.4 is 9.47 Å². The van der Waals surface area contributed by atoms with Gasteiger partial charge in [-0.2, -0.15) is 6.07 Å². The molecule has 0 spiro atoms. The van der Waals surface area contributed by atoms with Crippen molar-refractivity contribution >= 4 is 9.69 Å². The fourth-order valence-corrected chi connectivity index (χ4v) is 0.753. The van der Waals surface area contributed by atoms with Crippen molar-refractivity contribution in [3.8, 4) is 11.5 Å². The first-order chi connectivity index (χ1) is 6.86. The topological polar surface area (TPSA) is 27.7 Å². The molecule has 0 aliphatic rings. The Hall–Kier alpha value is -0.307. The Labute approximate surface area is 98.0 Å². The molecule has 0 saturated heterocycles. The summed E-state index contributed by atoms with van der Waals surface area (Å²) in [5, 5.41) is 0. The van der Waals surface area contributed by atoms with E-state index in [0.717, 1.165) is 17.3 Å². The maximum atomic E-state index is 5.14. The molecule has 0 atom stereocenters. The zero-order valence-electron chi connectivity index (χ0n) is 8.25. The molecule has 5 heteroatoms. The van der Waals surface area contributed by atoms with Crippen molar-refractivity contribution in [3.63, 3.8) is 0 Å². The van der Waals surface area contributed by atoms with Crippen LogP contribution in [0, 0.1) is 6.07 Å². The Balaban J connectivity index is 0.000000791. The van der Waals surface area contributed by atoms with E-state index >= 15 is 0 Å². The zero-order chi connectivity index (χ0) is 10.8. The minimum atomic E-state index is 0.226. The molecular formula is C9H11ClO3Zn. The molecule has 0 aliphatic heterocycles. The molecule has 0 heterocycles. The van der Waals surface area contributed by atoms with Crippen molar-refractivity contribution in [2.45, 2.75) is 0 Å². The number of hydrogen-bond acceptors (Lipinski definition) is 3. The summed E-state index contributed by atoms with van der Waals surface area (Å²) in [6, 6.07) is 8.34. The third-order valence-corrected chi connectivity index (χ3v) is 1.29. The molecule has 0 fully saturated rings. The molecule has 3 nitrogen and oxygen atoms in total. The van der Waals surface area contributed by atoms with Gasteiger partial charge < -0.3 is 14.2 Å². The summed E-state index contributed by atoms with van der Waals surface area (Å²) in [5.74, 6) is 1.28. The minimum absolute atomic E-state index is 0.226. The van der Waals surface area contributed by atoms with Gasteiger partial charge in [0, 0.05) is 18.6 Å². The molecule has 0 bridgehead atoms. The average Bonchev–Trinajstić information content (AvgIpc) is 2.29. The summed E-state index contributed by atoms with van der Waals surface area (Å²) in [6.07, 6.45) is 0. The molecule has 0 aliphatic carbocycles. The summed E-state index contributed by atoms with van der Waals surface area (Å²) in [7, 11) is 7.92. The Bertz CT molecular complexity index is 245. The fourth-order valence-electron chi connectivity index (χ4n) is 0.753. The van der Waals surface area contributed by atoms with Gasteiger partial charge in [0.2, 0.25) is 0 Å². The van der Waals surface area contributed by atoms with Crippen molar-refractivity contribution in [2.24, 2.45) is 0 Å². The molecular weight excluding hydrogens is 257 g/mol. The van der Waals surface area contributed by atoms with Crippen LogP contribution in [0.1, 0.15) is 0 Å². The monoisotopic (exact) mass is 266 g/mol. The molecule has 1 aromatic carbocycles. The van der Waals surface area contributed by atoms with Crippen molar-refractivity contribution < 1.29 is 31.5 Å². The van der Waals surface area contributed by atoms with Crippen molar-refractivity contribution in [1.82, 2.24) is 0 Å². The van der Waals surface area contributed by atoms with E-state index in [-0.39, 0.29) is 6.79 Å². The van der Waals surface area contributed by atoms with E-state index in [1.54, 1.807) is 26.4 Å². The Morgan fingerprint density at radius 2 is 1.93 bits per heavy atom. The van der Waals surface area contributed by atoms with Crippen LogP contribution in [0.2, 0.25) is 0 Å². The number of benzene rings is 1. The van der Waals surface area contributed by atoms with Crippen molar-refractivity contribution in [2.75, 3.05) is 21.0 Å². The van der Waals surface area contributed by atoms with E-state index in [9.17, 15) is 0 Å². The van der Waals surface area contributed by atoms with Crippen LogP contribution >= 0.6 is 9.69 Å². The molecule has 0 aromatic heterocycles. The fraction of sp³-hybridized carbons (Fsp3) is 0.333. The van der Waals surface area contributed by atoms with Crippen LogP contribution in [0.3, 0.4) is 0 Å². The van der Waals surface area contributed by atoms with Crippen LogP contribution in [0.15, 0.2) is 18.2 Å². The van der Waals surface area contributed by atoms with Gasteiger partial charge >= 0.3 is 27.0 Å². The van der Waals surface area contributed by atoms with E-state index < -0.39 is 0 Å². The molecule has 1 aromatic rings. The van der Waals surface area contributed by atoms with E-state index in [4.69, 9.17) is 23.9 Å². The molecule has 74 valence electrons. The predicted octanol–water partition coefficient (Wildman–Crippen LogP) is 2.17. The van der Waals surface area contributed by atoms with E-state index in [0.29, 0.717) is 11.5 Å². The maximum absolute atomic E-state index is 5.14. The standard InChI is InChI=1S/C9H11O3.ClH.Zn/c1-10-7-12-9-5-3-4-8(6-9)11-2;;/h3-5H,7H2,1-2H3;1H;/q-1;;+2/p-1. The van der Waals surface area contributed by atoms with Gasteiger partial charge in [-0.15, -0.1) is 12.1 Å². The Kier molecular flexibility index (Phi) is 9.05. The van der Waals surface area contributed by atoms with Crippen LogP contribution in [-0.4, -0.2) is 21.0 Å². The van der Waals surface area contributed by atoms with Gasteiger partial charge in [-0.3, -0.25) is 0 Å². The van der Waals surface area contributed by atoms with Crippen LogP contribution in [0.5, 0.6) is 11.5 Å². The average molecular weight is 268 g/mol. The van der Waals surface area contributed by atoms with Crippen molar-refractivity contribution in [1.29, 1.82) is 0 Å². The molecule has 0 N–H and O–H groups in total. The Morgan fingerprint density at radius 3 is 2.50 bits per heavy atom. The summed E-state index contributed by atoms with van der Waals surface area (Å²) in [4.78, 5) is 0. The first kappa shape index (κ1) is 13.7. The van der Waals surface area contributed by atoms with Gasteiger partial charge in [-0.05, 0) is 0 Å². The Morgan fingerprint density at radius 1 is 1.29 bits per heavy atom. The zero-order valence-corrected chi connectivity index (χ0v) is 12.0. The number of hydrogen-bond donors (Lipinski definition) is 0.